The van der Waals surface area contributed by atoms with Gasteiger partial charge in [-0.25, -0.2) is 13.8 Å². The summed E-state index contributed by atoms with van der Waals surface area (Å²) < 4.78 is 36.0. The Morgan fingerprint density at radius 1 is 1.21 bits per heavy atom. The number of aromatic nitrogens is 2. The summed E-state index contributed by atoms with van der Waals surface area (Å²) in [5, 5.41) is 10.1. The molecule has 4 rings (SSSR count). The average Bonchev–Trinajstić information content (AvgIpc) is 3.17. The summed E-state index contributed by atoms with van der Waals surface area (Å²) in [5.74, 6) is 2.92. The molecule has 6 nitrogen and oxygen atoms in total. The zero-order valence-corrected chi connectivity index (χ0v) is 22.2. The Kier molecular flexibility index (Phi) is 8.68. The van der Waals surface area contributed by atoms with E-state index in [-0.39, 0.29) is 31.9 Å². The molecule has 2 aromatic heterocycles. The Labute approximate surface area is 222 Å². The number of alkyl halides is 2. The number of benzene rings is 1. The van der Waals surface area contributed by atoms with E-state index in [2.05, 4.69) is 36.5 Å². The molecule has 202 valence electrons. The molecule has 1 N–H and O–H groups in total. The molecule has 0 radical (unpaired) electrons. The fraction of sp³-hybridized carbons (Fsp3) is 0.467. The van der Waals surface area contributed by atoms with Crippen molar-refractivity contribution in [3.05, 3.63) is 59.4 Å². The largest absolute Gasteiger partial charge is 0.487 e. The minimum Gasteiger partial charge on any atom is -0.487 e. The third-order valence-corrected chi connectivity index (χ3v) is 6.66. The van der Waals surface area contributed by atoms with Gasteiger partial charge in [-0.3, -0.25) is 9.69 Å². The van der Waals surface area contributed by atoms with E-state index in [0.29, 0.717) is 31.2 Å². The highest BCUT2D eigenvalue weighted by atomic mass is 19.3. The number of hydrogen-bond acceptors (Lipinski definition) is 4. The monoisotopic (exact) mass is 523 g/mol. The van der Waals surface area contributed by atoms with Crippen LogP contribution in [0.15, 0.2) is 42.6 Å². The number of likely N-dealkylation sites (tertiary alicyclic amines) is 1. The molecule has 3 aromatic rings. The van der Waals surface area contributed by atoms with Gasteiger partial charge in [-0.1, -0.05) is 31.9 Å². The van der Waals surface area contributed by atoms with Gasteiger partial charge in [-0.05, 0) is 61.2 Å². The number of hydrogen-bond donors (Lipinski definition) is 1. The van der Waals surface area contributed by atoms with Gasteiger partial charge in [0.05, 0.1) is 24.6 Å². The number of aliphatic carboxylic acids is 1. The van der Waals surface area contributed by atoms with Crippen LogP contribution in [0.4, 0.5) is 8.78 Å². The van der Waals surface area contributed by atoms with Crippen molar-refractivity contribution in [3.8, 4) is 17.6 Å². The molecule has 1 saturated heterocycles. The number of ether oxygens (including phenoxy) is 1. The van der Waals surface area contributed by atoms with Crippen molar-refractivity contribution in [1.29, 1.82) is 0 Å². The van der Waals surface area contributed by atoms with Gasteiger partial charge < -0.3 is 14.4 Å². The smallest absolute Gasteiger partial charge is 0.304 e. The molecule has 0 aliphatic carbocycles. The van der Waals surface area contributed by atoms with Gasteiger partial charge in [-0.15, -0.1) is 5.92 Å². The minimum atomic E-state index is -2.63. The Hall–Kier alpha value is -3.44. The van der Waals surface area contributed by atoms with Crippen molar-refractivity contribution in [2.45, 2.75) is 71.6 Å². The number of pyridine rings is 1. The van der Waals surface area contributed by atoms with Crippen LogP contribution in [-0.2, 0) is 24.5 Å². The van der Waals surface area contributed by atoms with Crippen molar-refractivity contribution in [2.24, 2.45) is 5.92 Å². The van der Waals surface area contributed by atoms with Crippen molar-refractivity contribution in [3.63, 3.8) is 0 Å². The maximum Gasteiger partial charge on any atom is 0.304 e. The normalized spacial score (nSPS) is 16.3. The summed E-state index contributed by atoms with van der Waals surface area (Å²) in [4.78, 5) is 17.9. The van der Waals surface area contributed by atoms with E-state index in [4.69, 9.17) is 14.8 Å². The first-order valence-electron chi connectivity index (χ1n) is 13.1. The van der Waals surface area contributed by atoms with Gasteiger partial charge in [0.2, 0.25) is 0 Å². The summed E-state index contributed by atoms with van der Waals surface area (Å²) in [6, 6.07) is 11.2. The van der Waals surface area contributed by atoms with Crippen LogP contribution < -0.4 is 4.74 Å². The van der Waals surface area contributed by atoms with E-state index >= 15 is 0 Å². The number of carboxylic acids is 1. The van der Waals surface area contributed by atoms with E-state index in [1.807, 2.05) is 41.3 Å². The lowest BCUT2D eigenvalue weighted by Crippen LogP contribution is -2.41. The third kappa shape index (κ3) is 7.11. The third-order valence-electron chi connectivity index (χ3n) is 6.66. The Morgan fingerprint density at radius 3 is 2.63 bits per heavy atom. The maximum absolute atomic E-state index is 14.0. The van der Waals surface area contributed by atoms with Crippen LogP contribution in [0.2, 0.25) is 0 Å². The van der Waals surface area contributed by atoms with Gasteiger partial charge in [0, 0.05) is 31.1 Å². The molecule has 1 atom stereocenters. The van der Waals surface area contributed by atoms with E-state index in [9.17, 15) is 13.6 Å². The topological polar surface area (TPSA) is 67.6 Å². The van der Waals surface area contributed by atoms with Crippen molar-refractivity contribution < 1.29 is 23.4 Å². The number of carbonyl (C=O) groups is 1. The van der Waals surface area contributed by atoms with Gasteiger partial charge in [0.1, 0.15) is 18.0 Å². The second kappa shape index (κ2) is 12.0. The summed E-state index contributed by atoms with van der Waals surface area (Å²) in [7, 11) is 0. The van der Waals surface area contributed by atoms with Crippen LogP contribution in [0.3, 0.4) is 0 Å². The first kappa shape index (κ1) is 27.6. The van der Waals surface area contributed by atoms with Crippen LogP contribution in [0, 0.1) is 17.8 Å². The van der Waals surface area contributed by atoms with Crippen LogP contribution in [0.25, 0.3) is 11.0 Å². The van der Waals surface area contributed by atoms with Crippen LogP contribution in [-0.4, -0.2) is 44.5 Å². The SMILES string of the molecule is CC#C[C@@H](CC(=O)O)c1ccc(OCc2ccc3c(CN4CCCC(F)(F)C4)cn(CC(C)C)c3n2)cc1. The highest BCUT2D eigenvalue weighted by Crippen LogP contribution is 2.30. The second-order valence-corrected chi connectivity index (χ2v) is 10.4. The highest BCUT2D eigenvalue weighted by Gasteiger charge is 2.35. The lowest BCUT2D eigenvalue weighted by molar-refractivity contribution is -0.137. The van der Waals surface area contributed by atoms with Crippen molar-refractivity contribution in [1.82, 2.24) is 14.5 Å². The molecule has 0 saturated carbocycles. The summed E-state index contributed by atoms with van der Waals surface area (Å²) >= 11 is 0. The van der Waals surface area contributed by atoms with E-state index in [1.165, 1.54) is 0 Å². The molecule has 8 heteroatoms. The molecule has 0 amide bonds. The number of fused-ring (bicyclic) bond motifs is 1. The molecule has 1 fully saturated rings. The van der Waals surface area contributed by atoms with E-state index in [0.717, 1.165) is 34.4 Å². The number of rotatable bonds is 10. The molecular weight excluding hydrogens is 488 g/mol. The molecule has 0 unspecified atom stereocenters. The number of halogens is 2. The molecule has 1 aliphatic heterocycles. The van der Waals surface area contributed by atoms with Crippen LogP contribution in [0.1, 0.15) is 62.8 Å². The highest BCUT2D eigenvalue weighted by molar-refractivity contribution is 5.80. The molecule has 0 bridgehead atoms. The van der Waals surface area contributed by atoms with Gasteiger partial charge >= 0.3 is 5.97 Å². The lowest BCUT2D eigenvalue weighted by Gasteiger charge is -2.32. The molecule has 3 heterocycles. The predicted octanol–water partition coefficient (Wildman–Crippen LogP) is 6.08. The Balaban J connectivity index is 1.49. The molecule has 38 heavy (non-hydrogen) atoms. The molecule has 1 aliphatic rings. The fourth-order valence-corrected chi connectivity index (χ4v) is 4.99. The van der Waals surface area contributed by atoms with E-state index < -0.39 is 11.9 Å². The predicted molar refractivity (Wildman–Crippen MR) is 143 cm³/mol. The second-order valence-electron chi connectivity index (χ2n) is 10.4. The summed E-state index contributed by atoms with van der Waals surface area (Å²) in [6.07, 6.45) is 2.47. The number of carboxylic acid groups (broad SMARTS) is 1. The zero-order chi connectivity index (χ0) is 27.3. The lowest BCUT2D eigenvalue weighted by atomic mass is 9.96. The molecule has 0 spiro atoms. The minimum absolute atomic E-state index is 0.0397. The summed E-state index contributed by atoms with van der Waals surface area (Å²) in [6.45, 7) is 7.97. The fourth-order valence-electron chi connectivity index (χ4n) is 4.99. The first-order valence-corrected chi connectivity index (χ1v) is 13.1. The standard InChI is InChI=1S/C30H35F2N3O3/c1-4-6-23(15-28(36)37)22-7-10-26(11-8-22)38-19-25-9-12-27-24(17-34-14-5-13-30(31,32)20-34)18-35(16-21(2)3)29(27)33-25/h7-12,18,21,23H,5,13-17,19-20H2,1-3H3,(H,36,37)/t23-/m0/s1. The van der Waals surface area contributed by atoms with Crippen LogP contribution >= 0.6 is 0 Å². The maximum atomic E-state index is 14.0. The van der Waals surface area contributed by atoms with Crippen molar-refractivity contribution in [2.75, 3.05) is 13.1 Å². The molecular formula is C30H35F2N3O3. The number of nitrogens with zero attached hydrogens (tertiary/aromatic N) is 3. The van der Waals surface area contributed by atoms with E-state index in [1.54, 1.807) is 6.92 Å². The van der Waals surface area contributed by atoms with Gasteiger partial charge in [-0.2, -0.15) is 0 Å². The quantitative estimate of drug-likeness (QED) is 0.326. The summed E-state index contributed by atoms with van der Waals surface area (Å²) in [5.41, 5.74) is 3.45. The van der Waals surface area contributed by atoms with Crippen molar-refractivity contribution >= 4 is 17.0 Å². The Bertz CT molecular complexity index is 1320. The first-order chi connectivity index (χ1) is 18.1. The average molecular weight is 524 g/mol. The van der Waals surface area contributed by atoms with Crippen LogP contribution in [0.5, 0.6) is 5.75 Å². The van der Waals surface area contributed by atoms with Gasteiger partial charge in [0.25, 0.3) is 5.92 Å². The molecule has 1 aromatic carbocycles. The zero-order valence-electron chi connectivity index (χ0n) is 22.2. The van der Waals surface area contributed by atoms with Gasteiger partial charge in [0.15, 0.2) is 0 Å². The Morgan fingerprint density at radius 2 is 1.97 bits per heavy atom. The number of piperidine rings is 1.